The first-order chi connectivity index (χ1) is 11.2. The molecule has 0 saturated heterocycles. The second-order valence-electron chi connectivity index (χ2n) is 6.42. The summed E-state index contributed by atoms with van der Waals surface area (Å²) in [7, 11) is 0. The Bertz CT molecular complexity index is 827. The third kappa shape index (κ3) is 2.45. The van der Waals surface area contributed by atoms with Gasteiger partial charge in [0.1, 0.15) is 18.1 Å². The highest BCUT2D eigenvalue weighted by molar-refractivity contribution is 6.33. The molecule has 0 radical (unpaired) electrons. The second-order valence-corrected chi connectivity index (χ2v) is 6.83. The van der Waals surface area contributed by atoms with Gasteiger partial charge in [-0.25, -0.2) is 4.79 Å². The minimum atomic E-state index is -0.194. The molecule has 4 rings (SSSR count). The predicted octanol–water partition coefficient (Wildman–Crippen LogP) is 3.89. The Morgan fingerprint density at radius 3 is 2.91 bits per heavy atom. The molecular formula is C18H20ClNO3. The molecule has 0 fully saturated rings. The highest BCUT2D eigenvalue weighted by Crippen LogP contribution is 2.41. The smallest absolute Gasteiger partial charge is 0.339 e. The number of aryl methyl sites for hydroxylation is 1. The van der Waals surface area contributed by atoms with Gasteiger partial charge in [-0.05, 0) is 37.3 Å². The van der Waals surface area contributed by atoms with Crippen LogP contribution in [0, 0.1) is 0 Å². The van der Waals surface area contributed by atoms with Crippen molar-refractivity contribution in [1.82, 2.24) is 4.90 Å². The van der Waals surface area contributed by atoms with Crippen molar-refractivity contribution in [1.29, 1.82) is 0 Å². The van der Waals surface area contributed by atoms with Crippen LogP contribution in [0.2, 0.25) is 5.02 Å². The van der Waals surface area contributed by atoms with Crippen molar-refractivity contribution in [2.24, 2.45) is 0 Å². The zero-order chi connectivity index (χ0) is 16.0. The molecule has 4 nitrogen and oxygen atoms in total. The molecule has 5 heteroatoms. The van der Waals surface area contributed by atoms with Gasteiger partial charge in [-0.3, -0.25) is 4.90 Å². The minimum absolute atomic E-state index is 0.194. The molecule has 0 saturated carbocycles. The van der Waals surface area contributed by atoms with Gasteiger partial charge in [-0.15, -0.1) is 0 Å². The fraction of sp³-hybridized carbons (Fsp3) is 0.500. The summed E-state index contributed by atoms with van der Waals surface area (Å²) in [6, 6.07) is 1.91. The van der Waals surface area contributed by atoms with Crippen LogP contribution in [0.25, 0.3) is 11.0 Å². The summed E-state index contributed by atoms with van der Waals surface area (Å²) in [5.41, 5.74) is 3.33. The number of benzene rings is 1. The number of hydrogen-bond donors (Lipinski definition) is 0. The summed E-state index contributed by atoms with van der Waals surface area (Å²) in [4.78, 5) is 14.5. The maximum Gasteiger partial charge on any atom is 0.339 e. The SMILES string of the molecule is CCCCN1COc2c(Cl)cc3c4c(c(=O)oc3c2C1)CCC4. The lowest BCUT2D eigenvalue weighted by molar-refractivity contribution is 0.0944. The van der Waals surface area contributed by atoms with Crippen molar-refractivity contribution in [3.63, 3.8) is 0 Å². The lowest BCUT2D eigenvalue weighted by atomic mass is 10.0. The van der Waals surface area contributed by atoms with Gasteiger partial charge in [0.25, 0.3) is 0 Å². The Balaban J connectivity index is 1.88. The van der Waals surface area contributed by atoms with Crippen LogP contribution < -0.4 is 10.4 Å². The van der Waals surface area contributed by atoms with E-state index in [1.54, 1.807) is 0 Å². The first-order valence-corrected chi connectivity index (χ1v) is 8.72. The van der Waals surface area contributed by atoms with Gasteiger partial charge in [0.2, 0.25) is 0 Å². The maximum atomic E-state index is 12.3. The van der Waals surface area contributed by atoms with Crippen LogP contribution in [0.15, 0.2) is 15.3 Å². The van der Waals surface area contributed by atoms with Crippen molar-refractivity contribution in [3.8, 4) is 5.75 Å². The van der Waals surface area contributed by atoms with E-state index in [2.05, 4.69) is 11.8 Å². The number of rotatable bonds is 3. The largest absolute Gasteiger partial charge is 0.476 e. The quantitative estimate of drug-likeness (QED) is 0.799. The molecule has 1 aliphatic carbocycles. The fourth-order valence-corrected chi connectivity index (χ4v) is 3.96. The molecule has 0 N–H and O–H groups in total. The minimum Gasteiger partial charge on any atom is -0.476 e. The summed E-state index contributed by atoms with van der Waals surface area (Å²) in [6.45, 7) is 4.40. The Labute approximate surface area is 140 Å². The van der Waals surface area contributed by atoms with Crippen LogP contribution in [0.5, 0.6) is 5.75 Å². The average molecular weight is 334 g/mol. The van der Waals surface area contributed by atoms with E-state index in [1.165, 1.54) is 0 Å². The summed E-state index contributed by atoms with van der Waals surface area (Å²) >= 11 is 6.45. The third-order valence-electron chi connectivity index (χ3n) is 4.87. The number of ether oxygens (including phenoxy) is 1. The summed E-state index contributed by atoms with van der Waals surface area (Å²) in [5, 5.41) is 1.60. The Morgan fingerprint density at radius 2 is 2.09 bits per heavy atom. The van der Waals surface area contributed by atoms with Gasteiger partial charge in [0.05, 0.1) is 10.6 Å². The first kappa shape index (κ1) is 15.0. The maximum absolute atomic E-state index is 12.3. The van der Waals surface area contributed by atoms with Gasteiger partial charge in [0.15, 0.2) is 0 Å². The van der Waals surface area contributed by atoms with Crippen molar-refractivity contribution >= 4 is 22.6 Å². The van der Waals surface area contributed by atoms with E-state index >= 15 is 0 Å². The van der Waals surface area contributed by atoms with Crippen molar-refractivity contribution < 1.29 is 9.15 Å². The van der Waals surface area contributed by atoms with Gasteiger partial charge >= 0.3 is 5.63 Å². The normalized spacial score (nSPS) is 17.1. The molecule has 2 heterocycles. The van der Waals surface area contributed by atoms with Crippen molar-refractivity contribution in [2.75, 3.05) is 13.3 Å². The van der Waals surface area contributed by atoms with Crippen LogP contribution in [0.3, 0.4) is 0 Å². The van der Waals surface area contributed by atoms with E-state index in [4.69, 9.17) is 20.8 Å². The fourth-order valence-electron chi connectivity index (χ4n) is 3.68. The molecular weight excluding hydrogens is 314 g/mol. The van der Waals surface area contributed by atoms with Gasteiger partial charge in [0, 0.05) is 24.0 Å². The van der Waals surface area contributed by atoms with Crippen LogP contribution in [-0.4, -0.2) is 18.2 Å². The molecule has 2 aliphatic rings. The monoisotopic (exact) mass is 333 g/mol. The van der Waals surface area contributed by atoms with Crippen LogP contribution >= 0.6 is 11.6 Å². The molecule has 2 aromatic rings. The lowest BCUT2D eigenvalue weighted by Crippen LogP contribution is -2.33. The number of fused-ring (bicyclic) bond motifs is 5. The molecule has 23 heavy (non-hydrogen) atoms. The zero-order valence-corrected chi connectivity index (χ0v) is 14.0. The molecule has 1 aliphatic heterocycles. The van der Waals surface area contributed by atoms with Crippen LogP contribution in [0.4, 0.5) is 0 Å². The highest BCUT2D eigenvalue weighted by Gasteiger charge is 2.27. The number of halogens is 1. The topological polar surface area (TPSA) is 42.7 Å². The van der Waals surface area contributed by atoms with Crippen molar-refractivity contribution in [2.45, 2.75) is 45.6 Å². The van der Waals surface area contributed by atoms with E-state index in [-0.39, 0.29) is 5.63 Å². The molecule has 0 bridgehead atoms. The zero-order valence-electron chi connectivity index (χ0n) is 13.3. The standard InChI is InChI=1S/C18H20ClNO3/c1-2-3-7-20-9-14-16-13(8-15(19)17(14)22-10-20)11-5-4-6-12(11)18(21)23-16/h8H,2-7,9-10H2,1H3. The lowest BCUT2D eigenvalue weighted by Gasteiger charge is -2.30. The van der Waals surface area contributed by atoms with Crippen molar-refractivity contribution in [3.05, 3.63) is 38.2 Å². The van der Waals surface area contributed by atoms with Gasteiger partial charge in [-0.2, -0.15) is 0 Å². The molecule has 0 amide bonds. The number of unbranched alkanes of at least 4 members (excludes halogenated alkanes) is 1. The summed E-state index contributed by atoms with van der Waals surface area (Å²) < 4.78 is 11.6. The van der Waals surface area contributed by atoms with Gasteiger partial charge < -0.3 is 9.15 Å². The van der Waals surface area contributed by atoms with E-state index < -0.39 is 0 Å². The molecule has 122 valence electrons. The summed E-state index contributed by atoms with van der Waals surface area (Å²) in [5.74, 6) is 0.674. The van der Waals surface area contributed by atoms with E-state index in [0.717, 1.165) is 60.7 Å². The second kappa shape index (κ2) is 5.84. The molecule has 1 aromatic carbocycles. The molecule has 0 unspecified atom stereocenters. The number of hydrogen-bond acceptors (Lipinski definition) is 4. The highest BCUT2D eigenvalue weighted by atomic mass is 35.5. The molecule has 0 atom stereocenters. The van der Waals surface area contributed by atoms with Crippen LogP contribution in [-0.2, 0) is 19.4 Å². The molecule has 0 spiro atoms. The van der Waals surface area contributed by atoms with Gasteiger partial charge in [-0.1, -0.05) is 24.9 Å². The van der Waals surface area contributed by atoms with Crippen LogP contribution in [0.1, 0.15) is 42.9 Å². The Morgan fingerprint density at radius 1 is 1.26 bits per heavy atom. The van der Waals surface area contributed by atoms with E-state index in [9.17, 15) is 4.79 Å². The Kier molecular flexibility index (Phi) is 3.82. The summed E-state index contributed by atoms with van der Waals surface area (Å²) in [6.07, 6.45) is 5.00. The average Bonchev–Trinajstić information content (AvgIpc) is 3.05. The molecule has 1 aromatic heterocycles. The van der Waals surface area contributed by atoms with E-state index in [1.807, 2.05) is 6.07 Å². The number of nitrogens with zero attached hydrogens (tertiary/aromatic N) is 1. The third-order valence-corrected chi connectivity index (χ3v) is 5.15. The first-order valence-electron chi connectivity index (χ1n) is 8.34. The van der Waals surface area contributed by atoms with E-state index in [0.29, 0.717) is 29.6 Å². The predicted molar refractivity (Wildman–Crippen MR) is 90.3 cm³/mol. The Hall–Kier alpha value is -1.52.